The van der Waals surface area contributed by atoms with E-state index < -0.39 is 5.97 Å². The van der Waals surface area contributed by atoms with Gasteiger partial charge >= 0.3 is 5.97 Å². The van der Waals surface area contributed by atoms with Crippen molar-refractivity contribution < 1.29 is 19.1 Å². The first-order chi connectivity index (χ1) is 12.8. The number of thioether (sulfide) groups is 1. The summed E-state index contributed by atoms with van der Waals surface area (Å²) in [5, 5.41) is 2.69. The van der Waals surface area contributed by atoms with Gasteiger partial charge in [-0.05, 0) is 31.0 Å². The smallest absolute Gasteiger partial charge is 0.316 e. The molecule has 0 aliphatic rings. The minimum Gasteiger partial charge on any atom is -0.457 e. The lowest BCUT2D eigenvalue weighted by Gasteiger charge is -2.08. The van der Waals surface area contributed by atoms with Crippen molar-refractivity contribution >= 4 is 29.4 Å². The zero-order valence-electron chi connectivity index (χ0n) is 15.7. The van der Waals surface area contributed by atoms with Gasteiger partial charge in [0, 0.05) is 23.9 Å². The standard InChI is InChI=1S/C21H23NO4S/c1-14-4-9-20(15(2)10-14)27-13-21(25)26-12-19(24)18-7-5-17(6-8-18)11-22-16(3)23/h4-10H,11-13H2,1-3H3,(H,22,23). The van der Waals surface area contributed by atoms with Gasteiger partial charge in [-0.25, -0.2) is 0 Å². The van der Waals surface area contributed by atoms with Gasteiger partial charge in [-0.1, -0.05) is 42.0 Å². The van der Waals surface area contributed by atoms with Gasteiger partial charge in [-0.15, -0.1) is 11.8 Å². The Labute approximate surface area is 163 Å². The van der Waals surface area contributed by atoms with Crippen LogP contribution in [0.1, 0.15) is 34.0 Å². The van der Waals surface area contributed by atoms with E-state index in [0.29, 0.717) is 12.1 Å². The number of amides is 1. The van der Waals surface area contributed by atoms with Crippen LogP contribution in [0, 0.1) is 13.8 Å². The van der Waals surface area contributed by atoms with Gasteiger partial charge in [0.05, 0.1) is 5.75 Å². The first kappa shape index (κ1) is 20.7. The van der Waals surface area contributed by atoms with Crippen LogP contribution in [0.5, 0.6) is 0 Å². The van der Waals surface area contributed by atoms with Crippen LogP contribution in [0.15, 0.2) is 47.4 Å². The average molecular weight is 385 g/mol. The number of ether oxygens (including phenoxy) is 1. The minimum atomic E-state index is -0.421. The summed E-state index contributed by atoms with van der Waals surface area (Å²) in [5.41, 5.74) is 3.65. The lowest BCUT2D eigenvalue weighted by atomic mass is 10.1. The normalized spacial score (nSPS) is 10.3. The number of hydrogen-bond acceptors (Lipinski definition) is 5. The highest BCUT2D eigenvalue weighted by Crippen LogP contribution is 2.23. The molecule has 6 heteroatoms. The lowest BCUT2D eigenvalue weighted by molar-refractivity contribution is -0.139. The van der Waals surface area contributed by atoms with Crippen molar-refractivity contribution in [3.05, 3.63) is 64.7 Å². The van der Waals surface area contributed by atoms with Crippen LogP contribution in [0.25, 0.3) is 0 Å². The van der Waals surface area contributed by atoms with Crippen molar-refractivity contribution in [2.24, 2.45) is 0 Å². The molecule has 2 aromatic carbocycles. The quantitative estimate of drug-likeness (QED) is 0.428. The maximum Gasteiger partial charge on any atom is 0.316 e. The van der Waals surface area contributed by atoms with Crippen molar-refractivity contribution in [2.75, 3.05) is 12.4 Å². The fraction of sp³-hybridized carbons (Fsp3) is 0.286. The molecule has 0 saturated heterocycles. The molecule has 5 nitrogen and oxygen atoms in total. The third-order valence-corrected chi connectivity index (χ3v) is 5.01. The summed E-state index contributed by atoms with van der Waals surface area (Å²) in [6.07, 6.45) is 0. The highest BCUT2D eigenvalue weighted by molar-refractivity contribution is 8.00. The molecule has 0 bridgehead atoms. The fourth-order valence-electron chi connectivity index (χ4n) is 2.40. The predicted molar refractivity (Wildman–Crippen MR) is 106 cm³/mol. The second kappa shape index (κ2) is 9.92. The molecule has 0 atom stereocenters. The Morgan fingerprint density at radius 3 is 2.37 bits per heavy atom. The summed E-state index contributed by atoms with van der Waals surface area (Å²) in [6, 6.07) is 12.9. The summed E-state index contributed by atoms with van der Waals surface area (Å²) in [7, 11) is 0. The molecule has 0 radical (unpaired) electrons. The number of rotatable bonds is 8. The summed E-state index contributed by atoms with van der Waals surface area (Å²) >= 11 is 1.40. The molecule has 2 rings (SSSR count). The van der Waals surface area contributed by atoms with E-state index in [2.05, 4.69) is 11.4 Å². The number of nitrogens with one attached hydrogen (secondary N) is 1. The molecule has 27 heavy (non-hydrogen) atoms. The molecule has 1 amide bonds. The third kappa shape index (κ3) is 6.90. The highest BCUT2D eigenvalue weighted by atomic mass is 32.2. The van der Waals surface area contributed by atoms with Gasteiger partial charge in [-0.3, -0.25) is 14.4 Å². The topological polar surface area (TPSA) is 72.5 Å². The van der Waals surface area contributed by atoms with E-state index in [4.69, 9.17) is 4.74 Å². The van der Waals surface area contributed by atoms with E-state index in [0.717, 1.165) is 16.0 Å². The van der Waals surface area contributed by atoms with Crippen molar-refractivity contribution in [1.29, 1.82) is 0 Å². The van der Waals surface area contributed by atoms with Gasteiger partial charge in [-0.2, -0.15) is 0 Å². The molecule has 0 unspecified atom stereocenters. The Morgan fingerprint density at radius 1 is 1.04 bits per heavy atom. The predicted octanol–water partition coefficient (Wildman–Crippen LogP) is 3.46. The summed E-state index contributed by atoms with van der Waals surface area (Å²) in [6.45, 7) is 5.60. The van der Waals surface area contributed by atoms with Crippen LogP contribution < -0.4 is 5.32 Å². The zero-order chi connectivity index (χ0) is 19.8. The number of carbonyl (C=O) groups excluding carboxylic acids is 3. The number of benzene rings is 2. The molecular weight excluding hydrogens is 362 g/mol. The van der Waals surface area contributed by atoms with Crippen molar-refractivity contribution in [1.82, 2.24) is 5.32 Å². The van der Waals surface area contributed by atoms with Gasteiger partial charge in [0.2, 0.25) is 5.91 Å². The summed E-state index contributed by atoms with van der Waals surface area (Å²) in [5.74, 6) is -0.630. The van der Waals surface area contributed by atoms with E-state index in [1.54, 1.807) is 24.3 Å². The van der Waals surface area contributed by atoms with Crippen LogP contribution in [-0.2, 0) is 20.9 Å². The Bertz CT molecular complexity index is 831. The van der Waals surface area contributed by atoms with Gasteiger partial charge in [0.1, 0.15) is 0 Å². The maximum atomic E-state index is 12.1. The second-order valence-electron chi connectivity index (χ2n) is 6.25. The van der Waals surface area contributed by atoms with E-state index in [1.807, 2.05) is 26.0 Å². The van der Waals surface area contributed by atoms with Gasteiger partial charge in [0.25, 0.3) is 0 Å². The van der Waals surface area contributed by atoms with Crippen molar-refractivity contribution in [2.45, 2.75) is 32.2 Å². The molecule has 0 saturated carbocycles. The largest absolute Gasteiger partial charge is 0.457 e. The first-order valence-corrected chi connectivity index (χ1v) is 9.56. The summed E-state index contributed by atoms with van der Waals surface area (Å²) in [4.78, 5) is 36.0. The summed E-state index contributed by atoms with van der Waals surface area (Å²) < 4.78 is 5.09. The number of aryl methyl sites for hydroxylation is 2. The molecule has 0 aliphatic heterocycles. The monoisotopic (exact) mass is 385 g/mol. The van der Waals surface area contributed by atoms with Crippen molar-refractivity contribution in [3.8, 4) is 0 Å². The van der Waals surface area contributed by atoms with Crippen LogP contribution in [0.2, 0.25) is 0 Å². The molecule has 0 aliphatic carbocycles. The molecule has 0 aromatic heterocycles. The van der Waals surface area contributed by atoms with E-state index in [1.165, 1.54) is 24.2 Å². The Balaban J connectivity index is 1.78. The van der Waals surface area contributed by atoms with Crippen molar-refractivity contribution in [3.63, 3.8) is 0 Å². The van der Waals surface area contributed by atoms with E-state index >= 15 is 0 Å². The molecule has 0 fully saturated rings. The molecule has 142 valence electrons. The molecule has 0 heterocycles. The fourth-order valence-corrected chi connectivity index (χ4v) is 3.21. The first-order valence-electron chi connectivity index (χ1n) is 8.57. The zero-order valence-corrected chi connectivity index (χ0v) is 16.5. The minimum absolute atomic E-state index is 0.110. The number of Topliss-reactive ketones (excluding diaryl/α,β-unsaturated/α-hetero) is 1. The van der Waals surface area contributed by atoms with E-state index in [-0.39, 0.29) is 24.1 Å². The third-order valence-electron chi connectivity index (χ3n) is 3.86. The Morgan fingerprint density at radius 2 is 1.74 bits per heavy atom. The Hall–Kier alpha value is -2.60. The average Bonchev–Trinajstić information content (AvgIpc) is 2.64. The number of esters is 1. The second-order valence-corrected chi connectivity index (χ2v) is 7.27. The number of hydrogen-bond donors (Lipinski definition) is 1. The van der Waals surface area contributed by atoms with Crippen LogP contribution in [0.4, 0.5) is 0 Å². The van der Waals surface area contributed by atoms with Gasteiger partial charge < -0.3 is 10.1 Å². The highest BCUT2D eigenvalue weighted by Gasteiger charge is 2.11. The number of ketones is 1. The molecule has 0 spiro atoms. The lowest BCUT2D eigenvalue weighted by Crippen LogP contribution is -2.19. The van der Waals surface area contributed by atoms with Gasteiger partial charge in [0.15, 0.2) is 12.4 Å². The molecule has 2 aromatic rings. The van der Waals surface area contributed by atoms with Crippen LogP contribution >= 0.6 is 11.8 Å². The number of carbonyl (C=O) groups is 3. The maximum absolute atomic E-state index is 12.1. The van der Waals surface area contributed by atoms with Crippen LogP contribution in [-0.4, -0.2) is 30.0 Å². The molecule has 1 N–H and O–H groups in total. The molecular formula is C21H23NO4S. The van der Waals surface area contributed by atoms with Crippen LogP contribution in [0.3, 0.4) is 0 Å². The Kier molecular flexibility index (Phi) is 7.61. The SMILES string of the molecule is CC(=O)NCc1ccc(C(=O)COC(=O)CSc2ccc(C)cc2C)cc1. The van der Waals surface area contributed by atoms with E-state index in [9.17, 15) is 14.4 Å².